The van der Waals surface area contributed by atoms with Crippen molar-refractivity contribution < 1.29 is 13.5 Å². The molecule has 0 bridgehead atoms. The van der Waals surface area contributed by atoms with Gasteiger partial charge in [0.15, 0.2) is 0 Å². The second-order valence-electron chi connectivity index (χ2n) is 7.47. The van der Waals surface area contributed by atoms with Crippen LogP contribution in [0.5, 0.6) is 0 Å². The topological polar surface area (TPSA) is 66.4 Å². The molecule has 0 spiro atoms. The fourth-order valence-electron chi connectivity index (χ4n) is 4.01. The maximum Gasteiger partial charge on any atom is 0.241 e. The van der Waals surface area contributed by atoms with Crippen LogP contribution in [-0.2, 0) is 22.0 Å². The summed E-state index contributed by atoms with van der Waals surface area (Å²) in [5, 5.41) is 11.0. The van der Waals surface area contributed by atoms with Crippen molar-refractivity contribution in [2.24, 2.45) is 0 Å². The maximum atomic E-state index is 13.1. The molecule has 2 aromatic carbocycles. The third-order valence-electron chi connectivity index (χ3n) is 6.08. The number of sulfonamides is 1. The van der Waals surface area contributed by atoms with E-state index in [-0.39, 0.29) is 6.54 Å². The molecule has 26 heavy (non-hydrogen) atoms. The predicted octanol–water partition coefficient (Wildman–Crippen LogP) is 3.34. The van der Waals surface area contributed by atoms with Crippen molar-refractivity contribution in [3.8, 4) is 0 Å². The standard InChI is InChI=1S/C21H27NO3S/c1-13-14(2)16(4)20(17(5)15(13)3)26(24,25)22-12-21(23)11-10-18-8-6-7-9-19(18)21/h6-9,22-23H,10-12H2,1-5H3. The number of hydrogen-bond acceptors (Lipinski definition) is 3. The Morgan fingerprint density at radius 1 is 0.962 bits per heavy atom. The van der Waals surface area contributed by atoms with Crippen molar-refractivity contribution in [1.29, 1.82) is 0 Å². The van der Waals surface area contributed by atoms with Crippen LogP contribution in [0.4, 0.5) is 0 Å². The third kappa shape index (κ3) is 2.98. The third-order valence-corrected chi connectivity index (χ3v) is 7.76. The van der Waals surface area contributed by atoms with Crippen LogP contribution in [-0.4, -0.2) is 20.1 Å². The molecule has 1 unspecified atom stereocenters. The van der Waals surface area contributed by atoms with Gasteiger partial charge in [-0.15, -0.1) is 0 Å². The summed E-state index contributed by atoms with van der Waals surface area (Å²) in [6.45, 7) is 9.61. The van der Waals surface area contributed by atoms with Gasteiger partial charge in [0, 0.05) is 6.54 Å². The molecule has 0 aliphatic heterocycles. The number of aliphatic hydroxyl groups is 1. The van der Waals surface area contributed by atoms with Crippen LogP contribution in [0.25, 0.3) is 0 Å². The first-order valence-corrected chi connectivity index (χ1v) is 10.4. The Hall–Kier alpha value is -1.69. The second kappa shape index (κ2) is 6.48. The summed E-state index contributed by atoms with van der Waals surface area (Å²) < 4.78 is 28.8. The Morgan fingerprint density at radius 3 is 2.12 bits per heavy atom. The highest BCUT2D eigenvalue weighted by atomic mass is 32.2. The molecule has 0 radical (unpaired) electrons. The first-order valence-electron chi connectivity index (χ1n) is 8.96. The minimum atomic E-state index is -3.72. The molecule has 4 nitrogen and oxygen atoms in total. The van der Waals surface area contributed by atoms with Crippen molar-refractivity contribution >= 4 is 10.0 Å². The molecule has 2 N–H and O–H groups in total. The molecule has 0 amide bonds. The molecular weight excluding hydrogens is 346 g/mol. The quantitative estimate of drug-likeness (QED) is 0.864. The molecule has 0 heterocycles. The molecule has 1 atom stereocenters. The molecule has 0 saturated carbocycles. The molecule has 0 saturated heterocycles. The fourth-order valence-corrected chi connectivity index (χ4v) is 5.69. The Kier molecular flexibility index (Phi) is 4.76. The Bertz CT molecular complexity index is 950. The van der Waals surface area contributed by atoms with E-state index >= 15 is 0 Å². The van der Waals surface area contributed by atoms with Crippen LogP contribution in [0.15, 0.2) is 29.2 Å². The summed E-state index contributed by atoms with van der Waals surface area (Å²) in [5.41, 5.74) is 5.43. The van der Waals surface area contributed by atoms with Crippen molar-refractivity contribution in [3.05, 3.63) is 63.2 Å². The number of benzene rings is 2. The molecule has 0 fully saturated rings. The monoisotopic (exact) mass is 373 g/mol. The second-order valence-corrected chi connectivity index (χ2v) is 9.17. The lowest BCUT2D eigenvalue weighted by atomic mass is 9.95. The van der Waals surface area contributed by atoms with Gasteiger partial charge in [-0.1, -0.05) is 24.3 Å². The van der Waals surface area contributed by atoms with E-state index in [1.165, 1.54) is 0 Å². The number of rotatable bonds is 4. The molecule has 5 heteroatoms. The zero-order chi connectivity index (χ0) is 19.3. The minimum Gasteiger partial charge on any atom is -0.384 e. The summed E-state index contributed by atoms with van der Waals surface area (Å²) in [4.78, 5) is 0.341. The van der Waals surface area contributed by atoms with Crippen LogP contribution >= 0.6 is 0 Å². The Morgan fingerprint density at radius 2 is 1.50 bits per heavy atom. The number of aryl methyl sites for hydroxylation is 1. The van der Waals surface area contributed by atoms with Crippen LogP contribution in [0.1, 0.15) is 45.4 Å². The van der Waals surface area contributed by atoms with Crippen LogP contribution in [0.3, 0.4) is 0 Å². The lowest BCUT2D eigenvalue weighted by molar-refractivity contribution is 0.0442. The van der Waals surface area contributed by atoms with E-state index < -0.39 is 15.6 Å². The van der Waals surface area contributed by atoms with E-state index in [4.69, 9.17) is 0 Å². The highest BCUT2D eigenvalue weighted by molar-refractivity contribution is 7.89. The fraction of sp³-hybridized carbons (Fsp3) is 0.429. The zero-order valence-electron chi connectivity index (χ0n) is 16.1. The first kappa shape index (κ1) is 19.1. The van der Waals surface area contributed by atoms with Gasteiger partial charge in [0.1, 0.15) is 5.60 Å². The lowest BCUT2D eigenvalue weighted by Gasteiger charge is -2.25. The molecule has 1 aliphatic carbocycles. The van der Waals surface area contributed by atoms with Crippen molar-refractivity contribution in [3.63, 3.8) is 0 Å². The van der Waals surface area contributed by atoms with Gasteiger partial charge < -0.3 is 5.11 Å². The summed E-state index contributed by atoms with van der Waals surface area (Å²) in [5.74, 6) is 0. The first-order chi connectivity index (χ1) is 12.1. The van der Waals surface area contributed by atoms with Gasteiger partial charge in [-0.05, 0) is 86.4 Å². The van der Waals surface area contributed by atoms with Crippen molar-refractivity contribution in [1.82, 2.24) is 4.72 Å². The Balaban J connectivity index is 1.95. The van der Waals surface area contributed by atoms with E-state index in [1.807, 2.05) is 58.9 Å². The summed E-state index contributed by atoms with van der Waals surface area (Å²) in [6.07, 6.45) is 1.29. The molecule has 1 aliphatic rings. The minimum absolute atomic E-state index is 0.0167. The predicted molar refractivity (Wildman–Crippen MR) is 104 cm³/mol. The van der Waals surface area contributed by atoms with Gasteiger partial charge in [-0.25, -0.2) is 13.1 Å². The lowest BCUT2D eigenvalue weighted by Crippen LogP contribution is -2.39. The molecule has 140 valence electrons. The molecule has 2 aromatic rings. The highest BCUT2D eigenvalue weighted by Gasteiger charge is 2.38. The summed E-state index contributed by atoms with van der Waals surface area (Å²) >= 11 is 0. The van der Waals surface area contributed by atoms with Crippen LogP contribution in [0.2, 0.25) is 0 Å². The van der Waals surface area contributed by atoms with Gasteiger partial charge in [-0.2, -0.15) is 0 Å². The molecule has 3 rings (SSSR count). The maximum absolute atomic E-state index is 13.1. The largest absolute Gasteiger partial charge is 0.384 e. The van der Waals surface area contributed by atoms with E-state index in [2.05, 4.69) is 4.72 Å². The van der Waals surface area contributed by atoms with Crippen molar-refractivity contribution in [2.45, 2.75) is 58.0 Å². The molecule has 0 aromatic heterocycles. The van der Waals surface area contributed by atoms with E-state index in [9.17, 15) is 13.5 Å². The van der Waals surface area contributed by atoms with Gasteiger partial charge in [0.2, 0.25) is 10.0 Å². The van der Waals surface area contributed by atoms with Gasteiger partial charge in [0.05, 0.1) is 4.90 Å². The highest BCUT2D eigenvalue weighted by Crippen LogP contribution is 2.37. The van der Waals surface area contributed by atoms with Gasteiger partial charge in [0.25, 0.3) is 0 Å². The number of hydrogen-bond donors (Lipinski definition) is 2. The van der Waals surface area contributed by atoms with Crippen molar-refractivity contribution in [2.75, 3.05) is 6.54 Å². The SMILES string of the molecule is Cc1c(C)c(C)c(S(=O)(=O)NCC2(O)CCc3ccccc32)c(C)c1C. The van der Waals surface area contributed by atoms with E-state index in [1.54, 1.807) is 0 Å². The smallest absolute Gasteiger partial charge is 0.241 e. The van der Waals surface area contributed by atoms with E-state index in [0.717, 1.165) is 45.4 Å². The molecular formula is C21H27NO3S. The average molecular weight is 374 g/mol. The number of nitrogens with one attached hydrogen (secondary N) is 1. The summed E-state index contributed by atoms with van der Waals surface area (Å²) in [6, 6.07) is 7.69. The summed E-state index contributed by atoms with van der Waals surface area (Å²) in [7, 11) is -3.72. The van der Waals surface area contributed by atoms with E-state index in [0.29, 0.717) is 11.3 Å². The van der Waals surface area contributed by atoms with Gasteiger partial charge in [-0.3, -0.25) is 0 Å². The average Bonchev–Trinajstić information content (AvgIpc) is 2.95. The van der Waals surface area contributed by atoms with Gasteiger partial charge >= 0.3 is 0 Å². The zero-order valence-corrected chi connectivity index (χ0v) is 16.9. The van der Waals surface area contributed by atoms with Crippen LogP contribution in [0, 0.1) is 34.6 Å². The van der Waals surface area contributed by atoms with Crippen LogP contribution < -0.4 is 4.72 Å². The number of fused-ring (bicyclic) bond motifs is 1. The normalized spacial score (nSPS) is 19.6. The Labute approximate surface area is 156 Å².